The van der Waals surface area contributed by atoms with Gasteiger partial charge in [0.1, 0.15) is 17.2 Å². The Morgan fingerprint density at radius 1 is 0.725 bits per heavy atom. The standard InChI is InChI=1S/C31H29NO8/c1-4-28(33)32-24-11-7-22(8-12-24)30(35)39-26-15-17-27(18-16-26)40-31(36)23-9-13-25(14-10-23)37-19-5-6-20-38-29(34)21(2)3/h4,7-18H,1-2,5-6,19-20H2,3H3,(H,32,33). The molecule has 40 heavy (non-hydrogen) atoms. The molecule has 0 saturated heterocycles. The first-order valence-electron chi connectivity index (χ1n) is 12.4. The van der Waals surface area contributed by atoms with Crippen molar-refractivity contribution < 1.29 is 38.1 Å². The second-order valence-electron chi connectivity index (χ2n) is 8.52. The minimum Gasteiger partial charge on any atom is -0.494 e. The molecule has 0 unspecified atom stereocenters. The predicted molar refractivity (Wildman–Crippen MR) is 149 cm³/mol. The van der Waals surface area contributed by atoms with E-state index in [9.17, 15) is 19.2 Å². The van der Waals surface area contributed by atoms with Gasteiger partial charge in [-0.2, -0.15) is 0 Å². The monoisotopic (exact) mass is 543 g/mol. The first-order valence-corrected chi connectivity index (χ1v) is 12.4. The summed E-state index contributed by atoms with van der Waals surface area (Å²) < 4.78 is 21.4. The topological polar surface area (TPSA) is 117 Å². The van der Waals surface area contributed by atoms with Gasteiger partial charge in [-0.15, -0.1) is 0 Å². The van der Waals surface area contributed by atoms with E-state index in [4.69, 9.17) is 18.9 Å². The van der Waals surface area contributed by atoms with E-state index in [2.05, 4.69) is 18.5 Å². The van der Waals surface area contributed by atoms with Gasteiger partial charge >= 0.3 is 17.9 Å². The van der Waals surface area contributed by atoms with Crippen molar-refractivity contribution in [1.29, 1.82) is 0 Å². The van der Waals surface area contributed by atoms with Crippen LogP contribution in [0.1, 0.15) is 40.5 Å². The van der Waals surface area contributed by atoms with Gasteiger partial charge < -0.3 is 24.3 Å². The minimum atomic E-state index is -0.583. The number of nitrogens with one attached hydrogen (secondary N) is 1. The molecule has 0 radical (unpaired) electrons. The molecule has 206 valence electrons. The Labute approximate surface area is 232 Å². The second-order valence-corrected chi connectivity index (χ2v) is 8.52. The molecule has 0 aromatic heterocycles. The molecule has 0 aliphatic rings. The van der Waals surface area contributed by atoms with Gasteiger partial charge in [0.05, 0.1) is 24.3 Å². The smallest absolute Gasteiger partial charge is 0.343 e. The molecular formula is C31H29NO8. The van der Waals surface area contributed by atoms with Crippen molar-refractivity contribution in [1.82, 2.24) is 0 Å². The number of hydrogen-bond acceptors (Lipinski definition) is 8. The van der Waals surface area contributed by atoms with Crippen molar-refractivity contribution in [2.75, 3.05) is 18.5 Å². The van der Waals surface area contributed by atoms with Gasteiger partial charge in [0, 0.05) is 11.3 Å². The zero-order valence-electron chi connectivity index (χ0n) is 22.0. The molecule has 3 aromatic carbocycles. The van der Waals surface area contributed by atoms with Gasteiger partial charge in [0.2, 0.25) is 5.91 Å². The Hall–Kier alpha value is -5.18. The Balaban J connectivity index is 1.43. The van der Waals surface area contributed by atoms with E-state index in [1.165, 1.54) is 36.4 Å². The zero-order valence-corrected chi connectivity index (χ0v) is 22.0. The van der Waals surface area contributed by atoms with Crippen molar-refractivity contribution in [3.63, 3.8) is 0 Å². The third kappa shape index (κ3) is 9.29. The molecule has 9 nitrogen and oxygen atoms in total. The molecule has 3 aromatic rings. The molecule has 1 amide bonds. The molecule has 0 heterocycles. The lowest BCUT2D eigenvalue weighted by atomic mass is 10.2. The minimum absolute atomic E-state index is 0.268. The molecule has 0 bridgehead atoms. The van der Waals surface area contributed by atoms with Crippen LogP contribution in [0.3, 0.4) is 0 Å². The lowest BCUT2D eigenvalue weighted by Gasteiger charge is -2.09. The highest BCUT2D eigenvalue weighted by Gasteiger charge is 2.12. The molecule has 1 N–H and O–H groups in total. The van der Waals surface area contributed by atoms with E-state index in [0.717, 1.165) is 6.08 Å². The fraction of sp³-hybridized carbons (Fsp3) is 0.161. The van der Waals surface area contributed by atoms with Crippen molar-refractivity contribution in [3.05, 3.63) is 109 Å². The average molecular weight is 544 g/mol. The Bertz CT molecular complexity index is 1360. The highest BCUT2D eigenvalue weighted by atomic mass is 16.5. The predicted octanol–water partition coefficient (Wildman–Crippen LogP) is 5.53. The van der Waals surface area contributed by atoms with Crippen LogP contribution >= 0.6 is 0 Å². The molecule has 0 atom stereocenters. The summed E-state index contributed by atoms with van der Waals surface area (Å²) in [5, 5.41) is 2.59. The maximum absolute atomic E-state index is 12.5. The maximum atomic E-state index is 12.5. The van der Waals surface area contributed by atoms with Gasteiger partial charge in [-0.3, -0.25) is 4.79 Å². The Kier molecular flexibility index (Phi) is 10.8. The SMILES string of the molecule is C=CC(=O)Nc1ccc(C(=O)Oc2ccc(OC(=O)c3ccc(OCCCCOC(=O)C(=C)C)cc3)cc2)cc1. The summed E-state index contributed by atoms with van der Waals surface area (Å²) in [5.41, 5.74) is 1.52. The van der Waals surface area contributed by atoms with Crippen LogP contribution in [0.4, 0.5) is 5.69 Å². The molecule has 0 fully saturated rings. The molecule has 0 aliphatic carbocycles. The number of benzene rings is 3. The van der Waals surface area contributed by atoms with Crippen molar-refractivity contribution in [3.8, 4) is 17.2 Å². The van der Waals surface area contributed by atoms with Crippen LogP contribution in [-0.2, 0) is 14.3 Å². The van der Waals surface area contributed by atoms with Gasteiger partial charge in [0.15, 0.2) is 0 Å². The van der Waals surface area contributed by atoms with Crippen LogP contribution in [0.15, 0.2) is 97.6 Å². The van der Waals surface area contributed by atoms with Crippen LogP contribution in [0, 0.1) is 0 Å². The lowest BCUT2D eigenvalue weighted by molar-refractivity contribution is -0.139. The summed E-state index contributed by atoms with van der Waals surface area (Å²) in [6, 6.07) is 18.8. The van der Waals surface area contributed by atoms with E-state index < -0.39 is 17.9 Å². The van der Waals surface area contributed by atoms with Crippen molar-refractivity contribution in [2.24, 2.45) is 0 Å². The summed E-state index contributed by atoms with van der Waals surface area (Å²) in [7, 11) is 0. The third-order valence-electron chi connectivity index (χ3n) is 5.30. The molecule has 0 aliphatic heterocycles. The molecule has 0 saturated carbocycles. The van der Waals surface area contributed by atoms with Crippen molar-refractivity contribution >= 4 is 29.5 Å². The maximum Gasteiger partial charge on any atom is 0.343 e. The van der Waals surface area contributed by atoms with Gasteiger partial charge in [-0.1, -0.05) is 13.2 Å². The Morgan fingerprint density at radius 2 is 1.20 bits per heavy atom. The number of unbranched alkanes of at least 4 members (excludes halogenated alkanes) is 1. The normalized spacial score (nSPS) is 10.1. The summed E-state index contributed by atoms with van der Waals surface area (Å²) in [6.45, 7) is 9.24. The van der Waals surface area contributed by atoms with E-state index in [-0.39, 0.29) is 17.4 Å². The number of carbonyl (C=O) groups excluding carboxylic acids is 4. The lowest BCUT2D eigenvalue weighted by Crippen LogP contribution is -2.10. The van der Waals surface area contributed by atoms with Crippen LogP contribution in [0.25, 0.3) is 0 Å². The second kappa shape index (κ2) is 14.7. The third-order valence-corrected chi connectivity index (χ3v) is 5.30. The van der Waals surface area contributed by atoms with Crippen LogP contribution in [0.5, 0.6) is 17.2 Å². The van der Waals surface area contributed by atoms with Gasteiger partial charge in [-0.25, -0.2) is 14.4 Å². The Morgan fingerprint density at radius 3 is 1.70 bits per heavy atom. The number of carbonyl (C=O) groups is 4. The number of ether oxygens (including phenoxy) is 4. The summed E-state index contributed by atoms with van der Waals surface area (Å²) >= 11 is 0. The molecule has 3 rings (SSSR count). The summed E-state index contributed by atoms with van der Waals surface area (Å²) in [4.78, 5) is 47.6. The van der Waals surface area contributed by atoms with E-state index >= 15 is 0 Å². The summed E-state index contributed by atoms with van der Waals surface area (Å²) in [5.74, 6) is -0.758. The highest BCUT2D eigenvalue weighted by molar-refractivity contribution is 5.99. The largest absolute Gasteiger partial charge is 0.494 e. The van der Waals surface area contributed by atoms with E-state index in [1.807, 2.05) is 0 Å². The fourth-order valence-corrected chi connectivity index (χ4v) is 3.16. The number of amides is 1. The van der Waals surface area contributed by atoms with Crippen LogP contribution < -0.4 is 19.5 Å². The number of rotatable bonds is 13. The first-order chi connectivity index (χ1) is 19.2. The number of anilines is 1. The van der Waals surface area contributed by atoms with Crippen LogP contribution in [-0.4, -0.2) is 37.0 Å². The highest BCUT2D eigenvalue weighted by Crippen LogP contribution is 2.21. The first kappa shape index (κ1) is 29.4. The number of hydrogen-bond donors (Lipinski definition) is 1. The zero-order chi connectivity index (χ0) is 28.9. The average Bonchev–Trinajstić information content (AvgIpc) is 2.96. The van der Waals surface area contributed by atoms with Crippen LogP contribution in [0.2, 0.25) is 0 Å². The molecular weight excluding hydrogens is 514 g/mol. The van der Waals surface area contributed by atoms with E-state index in [1.54, 1.807) is 43.3 Å². The quantitative estimate of drug-likeness (QED) is 0.129. The summed E-state index contributed by atoms with van der Waals surface area (Å²) in [6.07, 6.45) is 2.50. The van der Waals surface area contributed by atoms with Gasteiger partial charge in [0.25, 0.3) is 0 Å². The molecule has 0 spiro atoms. The van der Waals surface area contributed by atoms with Crippen molar-refractivity contribution in [2.45, 2.75) is 19.8 Å². The fourth-order valence-electron chi connectivity index (χ4n) is 3.16. The van der Waals surface area contributed by atoms with Gasteiger partial charge in [-0.05, 0) is 98.6 Å². The number of esters is 3. The van der Waals surface area contributed by atoms with E-state index in [0.29, 0.717) is 54.2 Å². The molecule has 9 heteroatoms.